The van der Waals surface area contributed by atoms with Gasteiger partial charge in [0.1, 0.15) is 11.5 Å². The minimum absolute atomic E-state index is 0.179. The van der Waals surface area contributed by atoms with Crippen molar-refractivity contribution in [3.05, 3.63) is 152 Å². The molecule has 0 atom stereocenters. The van der Waals surface area contributed by atoms with Gasteiger partial charge in [0.2, 0.25) is 0 Å². The summed E-state index contributed by atoms with van der Waals surface area (Å²) >= 11 is 2.79. The monoisotopic (exact) mass is 784 g/mol. The highest BCUT2D eigenvalue weighted by atomic mass is 32.2. The third kappa shape index (κ3) is 10.5. The van der Waals surface area contributed by atoms with E-state index in [1.807, 2.05) is 24.3 Å². The van der Waals surface area contributed by atoms with Crippen molar-refractivity contribution in [2.75, 3.05) is 24.7 Å². The topological polar surface area (TPSA) is 116 Å². The summed E-state index contributed by atoms with van der Waals surface area (Å²) in [4.78, 5) is 37.0. The number of rotatable bonds is 16. The van der Waals surface area contributed by atoms with Crippen LogP contribution in [0.4, 0.5) is 0 Å². The van der Waals surface area contributed by atoms with Gasteiger partial charge in [0, 0.05) is 80.7 Å². The van der Waals surface area contributed by atoms with E-state index in [9.17, 15) is 9.59 Å². The number of hydrogen-bond donors (Lipinski definition) is 4. The Labute approximate surface area is 335 Å². The van der Waals surface area contributed by atoms with E-state index in [-0.39, 0.29) is 10.2 Å². The van der Waals surface area contributed by atoms with Gasteiger partial charge in [0.15, 0.2) is 10.2 Å². The lowest BCUT2D eigenvalue weighted by molar-refractivity contribution is -0.109. The number of aromatic nitrogens is 4. The molecule has 6 aromatic rings. The Morgan fingerprint density at radius 1 is 0.482 bits per heavy atom. The molecule has 0 saturated heterocycles. The molecule has 1 aliphatic rings. The first-order valence-corrected chi connectivity index (χ1v) is 21.3. The number of ether oxygens (including phenoxy) is 2. The second-order valence-electron chi connectivity index (χ2n) is 13.9. The van der Waals surface area contributed by atoms with Crippen LogP contribution in [0.5, 0.6) is 11.5 Å². The fraction of sp³-hybridized carbons (Fsp3) is 0.261. The van der Waals surface area contributed by atoms with Crippen molar-refractivity contribution in [1.82, 2.24) is 19.9 Å². The molecule has 0 unspecified atom stereocenters. The quantitative estimate of drug-likeness (QED) is 0.0777. The van der Waals surface area contributed by atoms with Gasteiger partial charge in [-0.05, 0) is 135 Å². The minimum Gasteiger partial charge on any atom is -0.494 e. The highest BCUT2D eigenvalue weighted by Gasteiger charge is 2.13. The van der Waals surface area contributed by atoms with E-state index in [0.717, 1.165) is 128 Å². The van der Waals surface area contributed by atoms with Crippen molar-refractivity contribution >= 4 is 57.1 Å². The summed E-state index contributed by atoms with van der Waals surface area (Å²) in [7, 11) is 0. The second kappa shape index (κ2) is 19.0. The number of thioether (sulfide) groups is 2. The number of carbonyl (C=O) groups excluding carboxylic acids is 2. The van der Waals surface area contributed by atoms with E-state index in [0.29, 0.717) is 13.2 Å². The van der Waals surface area contributed by atoms with E-state index < -0.39 is 0 Å². The molecule has 2 aromatic carbocycles. The zero-order chi connectivity index (χ0) is 38.7. The largest absolute Gasteiger partial charge is 0.494 e. The standard InChI is InChI=1S/C46H48N4O4S2/c1-31(51)55-27-7-3-5-25-53-39-17-9-33(10-18-39)45-41-21-13-35(47-41)29-37-15-23-43(49-37)46(44-24-16-38(50-44)30-36-14-22-42(45)48-36)34-11-19-40(20-12-34)54-26-6-4-8-28-56-32(2)52/h9-24,29-30,47-50H,3-8,25-28H2,1-2H3. The number of unbranched alkanes of at least 4 members (excludes halogenated alkanes) is 4. The molecule has 56 heavy (non-hydrogen) atoms. The Morgan fingerprint density at radius 2 is 0.911 bits per heavy atom. The van der Waals surface area contributed by atoms with Gasteiger partial charge in [0.25, 0.3) is 0 Å². The molecule has 0 spiro atoms. The van der Waals surface area contributed by atoms with Gasteiger partial charge in [-0.2, -0.15) is 0 Å². The number of aromatic amines is 4. The van der Waals surface area contributed by atoms with Crippen LogP contribution in [0.3, 0.4) is 0 Å². The van der Waals surface area contributed by atoms with E-state index in [1.54, 1.807) is 13.8 Å². The second-order valence-corrected chi connectivity index (χ2v) is 16.4. The van der Waals surface area contributed by atoms with Gasteiger partial charge in [-0.25, -0.2) is 0 Å². The molecule has 0 fully saturated rings. The Morgan fingerprint density at radius 3 is 1.32 bits per heavy atom. The van der Waals surface area contributed by atoms with Gasteiger partial charge in [-0.1, -0.05) is 47.8 Å². The zero-order valence-corrected chi connectivity index (χ0v) is 33.5. The summed E-state index contributed by atoms with van der Waals surface area (Å²) in [6.45, 7) is 4.54. The van der Waals surface area contributed by atoms with Crippen LogP contribution >= 0.6 is 23.5 Å². The first-order chi connectivity index (χ1) is 27.4. The lowest BCUT2D eigenvalue weighted by atomic mass is 10.0. The molecule has 0 saturated carbocycles. The van der Waals surface area contributed by atoms with E-state index in [2.05, 4.69) is 105 Å². The molecule has 0 radical (unpaired) electrons. The first-order valence-electron chi connectivity index (χ1n) is 19.3. The number of benzene rings is 2. The van der Waals surface area contributed by atoms with Crippen LogP contribution in [0, 0.1) is 0 Å². The smallest absolute Gasteiger partial charge is 0.185 e. The summed E-state index contributed by atoms with van der Waals surface area (Å²) in [6, 6.07) is 33.6. The van der Waals surface area contributed by atoms with Crippen LogP contribution in [0.25, 0.3) is 23.3 Å². The Bertz CT molecular complexity index is 2330. The van der Waals surface area contributed by atoms with Crippen molar-refractivity contribution in [3.8, 4) is 11.5 Å². The van der Waals surface area contributed by atoms with Gasteiger partial charge >= 0.3 is 0 Å². The number of carbonyl (C=O) groups is 2. The van der Waals surface area contributed by atoms with E-state index >= 15 is 0 Å². The average Bonchev–Trinajstić information content (AvgIpc) is 4.03. The van der Waals surface area contributed by atoms with E-state index in [4.69, 9.17) is 9.47 Å². The molecule has 8 nitrogen and oxygen atoms in total. The first kappa shape index (κ1) is 38.9. The molecule has 0 amide bonds. The lowest BCUT2D eigenvalue weighted by Crippen LogP contribution is -2.15. The predicted octanol–water partition coefficient (Wildman–Crippen LogP) is 7.12. The van der Waals surface area contributed by atoms with Crippen molar-refractivity contribution in [3.63, 3.8) is 0 Å². The molecule has 288 valence electrons. The summed E-state index contributed by atoms with van der Waals surface area (Å²) in [6.07, 6.45) is 10.3. The van der Waals surface area contributed by atoms with Gasteiger partial charge in [-0.15, -0.1) is 0 Å². The molecule has 4 aromatic heterocycles. The molecule has 1 aliphatic heterocycles. The molecule has 8 bridgehead atoms. The summed E-state index contributed by atoms with van der Waals surface area (Å²) in [5, 5.41) is 4.34. The van der Waals surface area contributed by atoms with Crippen LogP contribution in [-0.2, 0) is 9.59 Å². The molecule has 0 aliphatic carbocycles. The van der Waals surface area contributed by atoms with Crippen molar-refractivity contribution in [2.45, 2.75) is 52.4 Å². The Kier molecular flexibility index (Phi) is 13.2. The van der Waals surface area contributed by atoms with Crippen molar-refractivity contribution < 1.29 is 19.1 Å². The third-order valence-electron chi connectivity index (χ3n) is 9.55. The number of hydrogen-bond acceptors (Lipinski definition) is 6. The highest BCUT2D eigenvalue weighted by Crippen LogP contribution is 2.25. The maximum absolute atomic E-state index is 11.1. The maximum atomic E-state index is 11.1. The zero-order valence-electron chi connectivity index (χ0n) is 31.9. The SMILES string of the molecule is CC(=O)SCCCCCOc1ccc(C2=c3ccc([nH]3)=Cc3ccc([nH]3)C(c3ccc(OCCCCCSC(C)=O)cc3)=c3ccc([nH]3)=Cc3ccc2[nH]3)cc1. The van der Waals surface area contributed by atoms with Crippen molar-refractivity contribution in [2.24, 2.45) is 0 Å². The van der Waals surface area contributed by atoms with Crippen LogP contribution in [-0.4, -0.2) is 54.9 Å². The Balaban J connectivity index is 1.13. The van der Waals surface area contributed by atoms with Crippen LogP contribution < -0.4 is 30.9 Å². The molecular formula is C46H48N4O4S2. The number of nitrogens with one attached hydrogen (secondary N) is 4. The van der Waals surface area contributed by atoms with Crippen LogP contribution in [0.15, 0.2) is 97.1 Å². The van der Waals surface area contributed by atoms with E-state index in [1.165, 1.54) is 23.5 Å². The number of fused-ring (bicyclic) bond motifs is 8. The van der Waals surface area contributed by atoms with Gasteiger partial charge in [-0.3, -0.25) is 9.59 Å². The lowest BCUT2D eigenvalue weighted by Gasteiger charge is -2.09. The van der Waals surface area contributed by atoms with Gasteiger partial charge in [0.05, 0.1) is 13.2 Å². The Hall–Kier alpha value is -5.32. The number of H-pyrrole nitrogens is 4. The summed E-state index contributed by atoms with van der Waals surface area (Å²) < 4.78 is 12.1. The van der Waals surface area contributed by atoms with Crippen LogP contribution in [0.1, 0.15) is 86.3 Å². The van der Waals surface area contributed by atoms with Crippen molar-refractivity contribution in [1.29, 1.82) is 0 Å². The molecule has 7 rings (SSSR count). The predicted molar refractivity (Wildman–Crippen MR) is 230 cm³/mol. The summed E-state index contributed by atoms with van der Waals surface area (Å²) in [5.74, 6) is 3.43. The molecular weight excluding hydrogens is 737 g/mol. The highest BCUT2D eigenvalue weighted by molar-refractivity contribution is 8.13. The molecule has 5 heterocycles. The van der Waals surface area contributed by atoms with Gasteiger partial charge < -0.3 is 29.4 Å². The fourth-order valence-electron chi connectivity index (χ4n) is 6.82. The molecule has 4 N–H and O–H groups in total. The average molecular weight is 785 g/mol. The normalized spacial score (nSPS) is 12.2. The fourth-order valence-corrected chi connectivity index (χ4v) is 8.10. The molecule has 10 heteroatoms. The minimum atomic E-state index is 0.179. The third-order valence-corrected chi connectivity index (χ3v) is 11.3. The summed E-state index contributed by atoms with van der Waals surface area (Å²) in [5.41, 5.74) is 8.26. The van der Waals surface area contributed by atoms with Crippen LogP contribution in [0.2, 0.25) is 0 Å². The maximum Gasteiger partial charge on any atom is 0.185 e.